The van der Waals surface area contributed by atoms with Gasteiger partial charge in [0.15, 0.2) is 21.2 Å². The molecule has 254 valence electrons. The van der Waals surface area contributed by atoms with Crippen molar-refractivity contribution in [3.63, 3.8) is 0 Å². The van der Waals surface area contributed by atoms with E-state index in [1.54, 1.807) is 24.3 Å². The molecule has 1 aliphatic rings. The zero-order chi connectivity index (χ0) is 34.3. The Bertz CT molecular complexity index is 1830. The van der Waals surface area contributed by atoms with Crippen LogP contribution in [0.25, 0.3) is 21.9 Å². The lowest BCUT2D eigenvalue weighted by molar-refractivity contribution is -0.148. The van der Waals surface area contributed by atoms with Gasteiger partial charge in [0, 0.05) is 28.0 Å². The summed E-state index contributed by atoms with van der Waals surface area (Å²) in [4.78, 5) is 25.6. The predicted octanol–water partition coefficient (Wildman–Crippen LogP) is 3.96. The molecule has 4 aromatic rings. The lowest BCUT2D eigenvalue weighted by Gasteiger charge is -2.28. The number of methoxy groups -OCH3 is 1. The van der Waals surface area contributed by atoms with Gasteiger partial charge in [-0.05, 0) is 30.7 Å². The van der Waals surface area contributed by atoms with Crippen molar-refractivity contribution in [3.8, 4) is 11.6 Å². The third-order valence-corrected chi connectivity index (χ3v) is 9.78. The van der Waals surface area contributed by atoms with Crippen molar-refractivity contribution in [2.24, 2.45) is 5.41 Å². The van der Waals surface area contributed by atoms with Crippen LogP contribution in [-0.4, -0.2) is 79.9 Å². The number of carbonyl (C=O) groups is 1. The van der Waals surface area contributed by atoms with Gasteiger partial charge in [-0.15, -0.1) is 0 Å². The van der Waals surface area contributed by atoms with Crippen LogP contribution in [0.4, 0.5) is 5.95 Å². The molecular weight excluding hydrogens is 746 g/mol. The maximum absolute atomic E-state index is 14.4. The van der Waals surface area contributed by atoms with E-state index >= 15 is 0 Å². The highest BCUT2D eigenvalue weighted by atomic mass is 127. The number of nitrogens with two attached hydrogens (primary N) is 1. The lowest BCUT2D eigenvalue weighted by Crippen LogP contribution is -2.45. The van der Waals surface area contributed by atoms with E-state index in [4.69, 9.17) is 29.0 Å². The Labute approximate surface area is 284 Å². The molecule has 5 rings (SSSR count). The molecule has 2 aromatic carbocycles. The number of carbonyl (C=O) groups excluding carboxylic acids is 1. The number of esters is 1. The number of aromatic nitrogens is 4. The maximum atomic E-state index is 14.4. The van der Waals surface area contributed by atoms with Gasteiger partial charge in [0.05, 0.1) is 20.3 Å². The molecular formula is C30H38IN6O9P. The molecule has 5 N–H and O–H groups in total. The van der Waals surface area contributed by atoms with Crippen molar-refractivity contribution in [1.29, 1.82) is 0 Å². The van der Waals surface area contributed by atoms with E-state index in [2.05, 4.69) is 20.0 Å². The summed E-state index contributed by atoms with van der Waals surface area (Å²) in [6.07, 6.45) is -4.00. The van der Waals surface area contributed by atoms with Gasteiger partial charge in [-0.1, -0.05) is 57.2 Å². The summed E-state index contributed by atoms with van der Waals surface area (Å²) < 4.78 is 44.9. The Hall–Kier alpha value is -3.12. The number of rotatable bonds is 11. The van der Waals surface area contributed by atoms with Crippen LogP contribution >= 0.6 is 30.3 Å². The number of aliphatic hydroxyl groups is 2. The van der Waals surface area contributed by atoms with Crippen molar-refractivity contribution in [3.05, 3.63) is 46.3 Å². The van der Waals surface area contributed by atoms with Crippen LogP contribution in [0.2, 0.25) is 0 Å². The number of nitrogen functional groups attached to an aromatic ring is 1. The molecule has 0 radical (unpaired) electrons. The van der Waals surface area contributed by atoms with E-state index in [9.17, 15) is 19.6 Å². The molecule has 15 nitrogen and oxygen atoms in total. The maximum Gasteiger partial charge on any atom is 0.459 e. The van der Waals surface area contributed by atoms with E-state index < -0.39 is 50.4 Å². The topological polar surface area (TPSA) is 202 Å². The smallest absolute Gasteiger partial charge is 0.459 e. The highest BCUT2D eigenvalue weighted by Gasteiger charge is 2.55. The monoisotopic (exact) mass is 784 g/mol. The second-order valence-corrected chi connectivity index (χ2v) is 15.3. The average molecular weight is 785 g/mol. The summed E-state index contributed by atoms with van der Waals surface area (Å²) in [5, 5.41) is 26.9. The fourth-order valence-electron chi connectivity index (χ4n) is 5.01. The fourth-order valence-corrected chi connectivity index (χ4v) is 7.25. The molecule has 1 fully saturated rings. The Kier molecular flexibility index (Phi) is 10.0. The van der Waals surface area contributed by atoms with E-state index in [0.717, 1.165) is 5.39 Å². The first-order chi connectivity index (χ1) is 22.0. The second kappa shape index (κ2) is 13.4. The number of ether oxygens (including phenoxy) is 3. The number of fused-ring (bicyclic) bond motifs is 2. The number of nitrogens with one attached hydrogen (secondary N) is 1. The molecule has 1 saturated heterocycles. The van der Waals surface area contributed by atoms with Gasteiger partial charge in [0.2, 0.25) is 11.8 Å². The highest BCUT2D eigenvalue weighted by molar-refractivity contribution is 14.1. The molecule has 0 bridgehead atoms. The van der Waals surface area contributed by atoms with Gasteiger partial charge in [-0.3, -0.25) is 13.9 Å². The summed E-state index contributed by atoms with van der Waals surface area (Å²) in [5.41, 5.74) is 4.16. The van der Waals surface area contributed by atoms with Crippen molar-refractivity contribution in [2.45, 2.75) is 64.7 Å². The zero-order valence-electron chi connectivity index (χ0n) is 26.7. The van der Waals surface area contributed by atoms with Gasteiger partial charge in [-0.2, -0.15) is 15.1 Å². The number of aliphatic hydroxyl groups excluding tert-OH is 1. The molecule has 2 unspecified atom stereocenters. The summed E-state index contributed by atoms with van der Waals surface area (Å²) in [6.45, 7) is 8.21. The molecule has 17 heteroatoms. The van der Waals surface area contributed by atoms with Crippen LogP contribution in [0.1, 0.15) is 40.8 Å². The SMILES string of the molecule is COc1nc(N)nc2c1nc(I)n2C1O[C@H](COP(=O)(N[C@H](C)C(=O)OCC(C)(C)C)Oc2cccc3ccccc23)[C@@H](O)[C@@]1(C)O. The zero-order valence-corrected chi connectivity index (χ0v) is 29.8. The standard InChI is InChI=1S/C30H38IN6O9P/c1-16(25(39)43-15-29(2,3)4)36-47(41,46-19-13-9-11-17-10-7-8-12-18(17)19)44-14-20-22(38)30(5,40)26(45-20)37-23-21(33-27(37)31)24(42-6)35-28(32)34-23/h7-13,16,20,22,26,38,40H,14-15H2,1-6H3,(H,36,41)(H2,32,34,35)/t16-,20-,22-,26?,30-,47?/m1/s1. The van der Waals surface area contributed by atoms with E-state index in [-0.39, 0.29) is 40.8 Å². The minimum atomic E-state index is -4.38. The molecule has 0 saturated carbocycles. The first-order valence-corrected chi connectivity index (χ1v) is 17.3. The van der Waals surface area contributed by atoms with E-state index in [1.165, 1.54) is 25.5 Å². The minimum absolute atomic E-state index is 0.0993. The van der Waals surface area contributed by atoms with Gasteiger partial charge < -0.3 is 34.7 Å². The Morgan fingerprint density at radius 3 is 2.62 bits per heavy atom. The van der Waals surface area contributed by atoms with Gasteiger partial charge in [0.25, 0.3) is 0 Å². The first-order valence-electron chi connectivity index (χ1n) is 14.7. The van der Waals surface area contributed by atoms with Gasteiger partial charge >= 0.3 is 13.7 Å². The number of hydrogen-bond acceptors (Lipinski definition) is 13. The normalized spacial score (nSPS) is 23.5. The van der Waals surface area contributed by atoms with Crippen LogP contribution in [0, 0.1) is 9.25 Å². The first kappa shape index (κ1) is 35.2. The number of imidazole rings is 1. The van der Waals surface area contributed by atoms with Crippen LogP contribution in [0.5, 0.6) is 11.6 Å². The van der Waals surface area contributed by atoms with Crippen molar-refractivity contribution < 1.29 is 42.8 Å². The predicted molar refractivity (Wildman–Crippen MR) is 181 cm³/mol. The molecule has 47 heavy (non-hydrogen) atoms. The van der Waals surface area contributed by atoms with E-state index in [0.29, 0.717) is 9.22 Å². The van der Waals surface area contributed by atoms with Gasteiger partial charge in [-0.25, -0.2) is 9.55 Å². The van der Waals surface area contributed by atoms with Crippen LogP contribution in [0.15, 0.2) is 42.5 Å². The number of anilines is 1. The lowest BCUT2D eigenvalue weighted by atomic mass is 9.96. The number of nitrogens with zero attached hydrogens (tertiary/aromatic N) is 4. The van der Waals surface area contributed by atoms with Gasteiger partial charge in [0.1, 0.15) is 29.6 Å². The van der Waals surface area contributed by atoms with Crippen molar-refractivity contribution in [2.75, 3.05) is 26.1 Å². The average Bonchev–Trinajstić information content (AvgIpc) is 3.44. The summed E-state index contributed by atoms with van der Waals surface area (Å²) in [6, 6.07) is 11.4. The molecule has 3 heterocycles. The fraction of sp³-hybridized carbons (Fsp3) is 0.467. The summed E-state index contributed by atoms with van der Waals surface area (Å²) in [5.74, 6) is -0.408. The summed E-state index contributed by atoms with van der Waals surface area (Å²) >= 11 is 1.93. The highest BCUT2D eigenvalue weighted by Crippen LogP contribution is 2.49. The van der Waals surface area contributed by atoms with Crippen LogP contribution in [-0.2, 0) is 23.4 Å². The Balaban J connectivity index is 1.42. The second-order valence-electron chi connectivity index (χ2n) is 12.6. The molecule has 6 atom stereocenters. The Morgan fingerprint density at radius 2 is 1.91 bits per heavy atom. The largest absolute Gasteiger partial charge is 0.479 e. The Morgan fingerprint density at radius 1 is 1.21 bits per heavy atom. The third kappa shape index (κ3) is 7.48. The molecule has 2 aromatic heterocycles. The van der Waals surface area contributed by atoms with Crippen LogP contribution in [0.3, 0.4) is 0 Å². The number of halogens is 1. The summed E-state index contributed by atoms with van der Waals surface area (Å²) in [7, 11) is -2.98. The van der Waals surface area contributed by atoms with Crippen molar-refractivity contribution >= 4 is 64.2 Å². The third-order valence-electron chi connectivity index (χ3n) is 7.39. The minimum Gasteiger partial charge on any atom is -0.479 e. The van der Waals surface area contributed by atoms with E-state index in [1.807, 2.05) is 61.6 Å². The molecule has 1 aliphatic heterocycles. The number of hydrogen-bond donors (Lipinski definition) is 4. The molecule has 0 spiro atoms. The number of benzene rings is 2. The molecule has 0 aliphatic carbocycles. The molecule has 0 amide bonds. The van der Waals surface area contributed by atoms with Crippen molar-refractivity contribution in [1.82, 2.24) is 24.6 Å². The quantitative estimate of drug-likeness (QED) is 0.0737. The van der Waals surface area contributed by atoms with Crippen LogP contribution < -0.4 is 20.1 Å².